The van der Waals surface area contributed by atoms with Gasteiger partial charge in [-0.25, -0.2) is 4.79 Å². The van der Waals surface area contributed by atoms with E-state index in [1.165, 1.54) is 32.8 Å². The van der Waals surface area contributed by atoms with Gasteiger partial charge >= 0.3 is 5.97 Å². The van der Waals surface area contributed by atoms with Gasteiger partial charge < -0.3 is 13.8 Å². The van der Waals surface area contributed by atoms with E-state index in [1.54, 1.807) is 12.1 Å². The zero-order chi connectivity index (χ0) is 22.2. The van der Waals surface area contributed by atoms with Crippen molar-refractivity contribution in [3.05, 3.63) is 59.7 Å². The Hall–Kier alpha value is -3.41. The van der Waals surface area contributed by atoms with Gasteiger partial charge in [-0.3, -0.25) is 4.98 Å². The Labute approximate surface area is 187 Å². The first kappa shape index (κ1) is 20.5. The van der Waals surface area contributed by atoms with Gasteiger partial charge in [0, 0.05) is 35.6 Å². The molecule has 1 aliphatic rings. The predicted molar refractivity (Wildman–Crippen MR) is 123 cm³/mol. The molecule has 32 heavy (non-hydrogen) atoms. The normalized spacial score (nSPS) is 14.3. The van der Waals surface area contributed by atoms with Crippen LogP contribution in [0.25, 0.3) is 33.3 Å². The first-order chi connectivity index (χ1) is 15.5. The van der Waals surface area contributed by atoms with E-state index < -0.39 is 0 Å². The zero-order valence-corrected chi connectivity index (χ0v) is 18.7. The van der Waals surface area contributed by atoms with Gasteiger partial charge in [-0.1, -0.05) is 30.1 Å². The summed E-state index contributed by atoms with van der Waals surface area (Å²) in [6, 6.07) is 9.74. The van der Waals surface area contributed by atoms with Crippen LogP contribution in [0.2, 0.25) is 0 Å². The quantitative estimate of drug-likeness (QED) is 0.367. The number of pyridine rings is 1. The van der Waals surface area contributed by atoms with Crippen molar-refractivity contribution in [2.24, 2.45) is 5.92 Å². The van der Waals surface area contributed by atoms with Gasteiger partial charge in [-0.2, -0.15) is 0 Å². The van der Waals surface area contributed by atoms with Crippen LogP contribution in [0.3, 0.4) is 0 Å². The van der Waals surface area contributed by atoms with E-state index in [9.17, 15) is 4.79 Å². The fourth-order valence-corrected chi connectivity index (χ4v) is 4.94. The minimum absolute atomic E-state index is 0.331. The number of rotatable bonds is 5. The molecule has 0 amide bonds. The Morgan fingerprint density at radius 1 is 1.16 bits per heavy atom. The van der Waals surface area contributed by atoms with Crippen molar-refractivity contribution in [3.63, 3.8) is 0 Å². The Kier molecular flexibility index (Phi) is 5.29. The maximum absolute atomic E-state index is 11.8. The highest BCUT2D eigenvalue weighted by Gasteiger charge is 2.20. The lowest BCUT2D eigenvalue weighted by Crippen LogP contribution is -2.06. The summed E-state index contributed by atoms with van der Waals surface area (Å²) < 4.78 is 12.6. The first-order valence-electron chi connectivity index (χ1n) is 11.2. The average Bonchev–Trinajstić information content (AvgIpc) is 3.53. The second-order valence-corrected chi connectivity index (χ2v) is 8.71. The third-order valence-corrected chi connectivity index (χ3v) is 6.59. The van der Waals surface area contributed by atoms with Gasteiger partial charge in [-0.15, -0.1) is 0 Å². The summed E-state index contributed by atoms with van der Waals surface area (Å²) in [6.07, 6.45) is 9.30. The van der Waals surface area contributed by atoms with E-state index in [4.69, 9.17) is 14.2 Å². The third kappa shape index (κ3) is 3.60. The number of fused-ring (bicyclic) bond motifs is 1. The molecule has 0 spiro atoms. The number of benzene rings is 1. The van der Waals surface area contributed by atoms with E-state index in [0.29, 0.717) is 11.5 Å². The number of methoxy groups -OCH3 is 1. The van der Waals surface area contributed by atoms with Crippen LogP contribution in [0, 0.1) is 19.8 Å². The highest BCUT2D eigenvalue weighted by Crippen LogP contribution is 2.36. The molecular formula is C26H27N3O3. The van der Waals surface area contributed by atoms with Crippen LogP contribution in [-0.2, 0) is 11.3 Å². The lowest BCUT2D eigenvalue weighted by atomic mass is 10.0. The van der Waals surface area contributed by atoms with E-state index in [0.717, 1.165) is 51.3 Å². The molecule has 0 bridgehead atoms. The SMILES string of the molecule is COC(=O)c1ccc(-c2cn(CC3CCCC3)c3cc(-c4c(C)noc4C)cnc23)cc1. The standard InChI is InChI=1S/C26H27N3O3/c1-16-24(17(2)32-28-16)21-12-23-25(27-13-21)22(15-29(23)14-18-6-4-5-7-18)19-8-10-20(11-9-19)26(30)31-3/h8-13,15,18H,4-7,14H2,1-3H3. The van der Waals surface area contributed by atoms with E-state index in [1.807, 2.05) is 32.2 Å². The molecule has 1 fully saturated rings. The predicted octanol–water partition coefficient (Wildman–Crippen LogP) is 5.95. The monoisotopic (exact) mass is 429 g/mol. The number of hydrogen-bond donors (Lipinski definition) is 0. The number of aromatic nitrogens is 3. The number of carbonyl (C=O) groups excluding carboxylic acids is 1. The largest absolute Gasteiger partial charge is 0.465 e. The van der Waals surface area contributed by atoms with Crippen LogP contribution in [0.1, 0.15) is 47.5 Å². The minimum atomic E-state index is -0.331. The number of carbonyl (C=O) groups is 1. The summed E-state index contributed by atoms with van der Waals surface area (Å²) in [5.74, 6) is 1.17. The van der Waals surface area contributed by atoms with Crippen LogP contribution in [0.5, 0.6) is 0 Å². The summed E-state index contributed by atoms with van der Waals surface area (Å²) >= 11 is 0. The van der Waals surface area contributed by atoms with E-state index in [-0.39, 0.29) is 5.97 Å². The molecule has 0 atom stereocenters. The van der Waals surface area contributed by atoms with Gasteiger partial charge in [0.15, 0.2) is 0 Å². The van der Waals surface area contributed by atoms with Crippen LogP contribution >= 0.6 is 0 Å². The fraction of sp³-hybridized carbons (Fsp3) is 0.346. The Morgan fingerprint density at radius 3 is 2.56 bits per heavy atom. The van der Waals surface area contributed by atoms with Crippen LogP contribution in [0.4, 0.5) is 0 Å². The van der Waals surface area contributed by atoms with Gasteiger partial charge in [0.05, 0.1) is 29.4 Å². The van der Waals surface area contributed by atoms with Crippen LogP contribution in [0.15, 0.2) is 47.2 Å². The molecular weight excluding hydrogens is 402 g/mol. The summed E-state index contributed by atoms with van der Waals surface area (Å²) in [5.41, 5.74) is 7.62. The van der Waals surface area contributed by atoms with Crippen molar-refractivity contribution < 1.29 is 14.1 Å². The fourth-order valence-electron chi connectivity index (χ4n) is 4.94. The van der Waals surface area contributed by atoms with Gasteiger partial charge in [0.25, 0.3) is 0 Å². The Morgan fingerprint density at radius 2 is 1.91 bits per heavy atom. The number of esters is 1. The maximum Gasteiger partial charge on any atom is 0.337 e. The second kappa shape index (κ2) is 8.26. The molecule has 3 heterocycles. The van der Waals surface area contributed by atoms with Crippen LogP contribution < -0.4 is 0 Å². The summed E-state index contributed by atoms with van der Waals surface area (Å²) in [4.78, 5) is 16.7. The van der Waals surface area contributed by atoms with E-state index >= 15 is 0 Å². The number of ether oxygens (including phenoxy) is 1. The molecule has 6 nitrogen and oxygen atoms in total. The van der Waals surface area contributed by atoms with Crippen molar-refractivity contribution >= 4 is 17.0 Å². The molecule has 0 saturated heterocycles. The molecule has 1 aliphatic carbocycles. The molecule has 3 aromatic heterocycles. The number of aryl methyl sites for hydroxylation is 2. The summed E-state index contributed by atoms with van der Waals surface area (Å²) in [6.45, 7) is 4.89. The second-order valence-electron chi connectivity index (χ2n) is 8.71. The first-order valence-corrected chi connectivity index (χ1v) is 11.2. The molecule has 1 aromatic carbocycles. The lowest BCUT2D eigenvalue weighted by molar-refractivity contribution is 0.0600. The summed E-state index contributed by atoms with van der Waals surface area (Å²) in [7, 11) is 1.40. The smallest absolute Gasteiger partial charge is 0.337 e. The van der Waals surface area contributed by atoms with Crippen LogP contribution in [-0.4, -0.2) is 27.8 Å². The molecule has 6 heteroatoms. The molecule has 0 aliphatic heterocycles. The zero-order valence-electron chi connectivity index (χ0n) is 18.7. The molecule has 0 radical (unpaired) electrons. The van der Waals surface area contributed by atoms with Crippen molar-refractivity contribution in [1.29, 1.82) is 0 Å². The van der Waals surface area contributed by atoms with Crippen molar-refractivity contribution in [2.75, 3.05) is 7.11 Å². The highest BCUT2D eigenvalue weighted by molar-refractivity contribution is 5.96. The van der Waals surface area contributed by atoms with Crippen molar-refractivity contribution in [2.45, 2.75) is 46.1 Å². The van der Waals surface area contributed by atoms with Crippen molar-refractivity contribution in [3.8, 4) is 22.3 Å². The average molecular weight is 430 g/mol. The van der Waals surface area contributed by atoms with E-state index in [2.05, 4.69) is 22.0 Å². The topological polar surface area (TPSA) is 70.2 Å². The number of hydrogen-bond acceptors (Lipinski definition) is 5. The van der Waals surface area contributed by atoms with Gasteiger partial charge in [0.1, 0.15) is 5.76 Å². The molecule has 5 rings (SSSR count). The molecule has 0 N–H and O–H groups in total. The maximum atomic E-state index is 11.8. The van der Waals surface area contributed by atoms with Crippen molar-refractivity contribution in [1.82, 2.24) is 14.7 Å². The number of nitrogens with zero attached hydrogens (tertiary/aromatic N) is 3. The minimum Gasteiger partial charge on any atom is -0.465 e. The Bertz CT molecular complexity index is 1260. The molecule has 1 saturated carbocycles. The highest BCUT2D eigenvalue weighted by atomic mass is 16.5. The van der Waals surface area contributed by atoms with Gasteiger partial charge in [-0.05, 0) is 56.4 Å². The third-order valence-electron chi connectivity index (χ3n) is 6.59. The Balaban J connectivity index is 1.62. The molecule has 0 unspecified atom stereocenters. The molecule has 164 valence electrons. The lowest BCUT2D eigenvalue weighted by Gasteiger charge is -2.12. The van der Waals surface area contributed by atoms with Gasteiger partial charge in [0.2, 0.25) is 0 Å². The summed E-state index contributed by atoms with van der Waals surface area (Å²) in [5, 5.41) is 4.11. The molecule has 4 aromatic rings.